The smallest absolute Gasteiger partial charge is 0.251 e. The average molecular weight is 562 g/mol. The highest BCUT2D eigenvalue weighted by molar-refractivity contribution is 6.02. The van der Waals surface area contributed by atoms with Gasteiger partial charge in [-0.25, -0.2) is 0 Å². The Morgan fingerprint density at radius 3 is 2.55 bits per heavy atom. The zero-order valence-electron chi connectivity index (χ0n) is 24.5. The molecule has 42 heavy (non-hydrogen) atoms. The molecule has 4 aromatic rings. The van der Waals surface area contributed by atoms with Crippen molar-refractivity contribution in [2.75, 3.05) is 11.9 Å². The van der Waals surface area contributed by atoms with Crippen molar-refractivity contribution in [1.82, 2.24) is 9.88 Å². The number of amides is 2. The van der Waals surface area contributed by atoms with Crippen molar-refractivity contribution < 1.29 is 14.3 Å². The predicted octanol–water partition coefficient (Wildman–Crippen LogP) is 7.93. The van der Waals surface area contributed by atoms with Gasteiger partial charge in [-0.1, -0.05) is 62.2 Å². The van der Waals surface area contributed by atoms with Crippen molar-refractivity contribution in [3.05, 3.63) is 90.0 Å². The highest BCUT2D eigenvalue weighted by Gasteiger charge is 2.30. The molecule has 0 spiro atoms. The SMILES string of the molecule is C=Cc1ccc(NC(=O)CC(C)(C)NC(=O)c2ccc3c(C4CCCCC4)c4n(c3c2)CCOc2ccccc2-4)cc1. The third-order valence-corrected chi connectivity index (χ3v) is 8.58. The fraction of sp³-hybridized carbons (Fsp3) is 0.333. The molecule has 1 aromatic heterocycles. The number of nitrogens with one attached hydrogen (secondary N) is 2. The van der Waals surface area contributed by atoms with Gasteiger partial charge < -0.3 is 19.9 Å². The molecule has 6 rings (SSSR count). The van der Waals surface area contributed by atoms with Crippen LogP contribution in [-0.2, 0) is 11.3 Å². The van der Waals surface area contributed by atoms with Crippen LogP contribution in [0.1, 0.15) is 79.8 Å². The molecule has 6 nitrogen and oxygen atoms in total. The summed E-state index contributed by atoms with van der Waals surface area (Å²) in [7, 11) is 0. The monoisotopic (exact) mass is 561 g/mol. The van der Waals surface area contributed by atoms with Gasteiger partial charge in [0.05, 0.1) is 12.2 Å². The van der Waals surface area contributed by atoms with Gasteiger partial charge in [-0.2, -0.15) is 0 Å². The average Bonchev–Trinajstić information content (AvgIpc) is 3.18. The second kappa shape index (κ2) is 11.5. The first kappa shape index (κ1) is 27.8. The molecule has 0 saturated heterocycles. The summed E-state index contributed by atoms with van der Waals surface area (Å²) in [6, 6.07) is 21.9. The molecule has 0 bridgehead atoms. The summed E-state index contributed by atoms with van der Waals surface area (Å²) in [6.45, 7) is 8.81. The van der Waals surface area contributed by atoms with E-state index in [2.05, 4.69) is 46.0 Å². The van der Waals surface area contributed by atoms with Crippen LogP contribution in [0.2, 0.25) is 0 Å². The summed E-state index contributed by atoms with van der Waals surface area (Å²) in [5.74, 6) is 1.07. The van der Waals surface area contributed by atoms with Crippen molar-refractivity contribution in [2.45, 2.75) is 70.4 Å². The van der Waals surface area contributed by atoms with E-state index < -0.39 is 5.54 Å². The van der Waals surface area contributed by atoms with Crippen LogP contribution < -0.4 is 15.4 Å². The molecule has 0 atom stereocenters. The summed E-state index contributed by atoms with van der Waals surface area (Å²) in [5.41, 5.74) is 6.37. The van der Waals surface area contributed by atoms with Gasteiger partial charge in [0.2, 0.25) is 5.91 Å². The zero-order chi connectivity index (χ0) is 29.3. The van der Waals surface area contributed by atoms with E-state index in [-0.39, 0.29) is 18.2 Å². The van der Waals surface area contributed by atoms with Crippen LogP contribution in [0.4, 0.5) is 5.69 Å². The summed E-state index contributed by atoms with van der Waals surface area (Å²) < 4.78 is 8.53. The number of anilines is 1. The van der Waals surface area contributed by atoms with Crippen molar-refractivity contribution in [3.63, 3.8) is 0 Å². The molecule has 2 N–H and O–H groups in total. The fourth-order valence-corrected chi connectivity index (χ4v) is 6.61. The van der Waals surface area contributed by atoms with Gasteiger partial charge in [-0.05, 0) is 80.1 Å². The number of carbonyl (C=O) groups excluding carboxylic acids is 2. The Labute approximate surface area is 247 Å². The molecule has 3 aromatic carbocycles. The molecule has 1 aliphatic heterocycles. The second-order valence-corrected chi connectivity index (χ2v) is 12.2. The number of benzene rings is 3. The number of hydrogen-bond donors (Lipinski definition) is 2. The Hall–Kier alpha value is -4.32. The van der Waals surface area contributed by atoms with E-state index in [0.29, 0.717) is 23.8 Å². The Morgan fingerprint density at radius 1 is 1.02 bits per heavy atom. The summed E-state index contributed by atoms with van der Waals surface area (Å²) in [5, 5.41) is 7.26. The number of ether oxygens (including phenoxy) is 1. The lowest BCUT2D eigenvalue weighted by Crippen LogP contribution is -2.45. The Kier molecular flexibility index (Phi) is 7.63. The molecule has 0 radical (unpaired) electrons. The molecular weight excluding hydrogens is 522 g/mol. The Balaban J connectivity index is 1.28. The Morgan fingerprint density at radius 2 is 1.79 bits per heavy atom. The normalized spacial score (nSPS) is 15.2. The van der Waals surface area contributed by atoms with E-state index in [1.54, 1.807) is 6.08 Å². The van der Waals surface area contributed by atoms with E-state index in [1.807, 2.05) is 56.3 Å². The van der Waals surface area contributed by atoms with E-state index in [4.69, 9.17) is 4.74 Å². The molecule has 0 unspecified atom stereocenters. The van der Waals surface area contributed by atoms with Gasteiger partial charge in [0.25, 0.3) is 5.91 Å². The fourth-order valence-electron chi connectivity index (χ4n) is 6.61. The molecule has 2 amide bonds. The number of carbonyl (C=O) groups is 2. The van der Waals surface area contributed by atoms with Crippen molar-refractivity contribution in [2.24, 2.45) is 0 Å². The van der Waals surface area contributed by atoms with Gasteiger partial charge in [0, 0.05) is 39.7 Å². The largest absolute Gasteiger partial charge is 0.491 e. The van der Waals surface area contributed by atoms with Crippen LogP contribution in [0.5, 0.6) is 5.75 Å². The van der Waals surface area contributed by atoms with Crippen molar-refractivity contribution in [1.29, 1.82) is 0 Å². The highest BCUT2D eigenvalue weighted by atomic mass is 16.5. The van der Waals surface area contributed by atoms with Gasteiger partial charge in [-0.3, -0.25) is 9.59 Å². The van der Waals surface area contributed by atoms with E-state index >= 15 is 0 Å². The maximum absolute atomic E-state index is 13.6. The number of fused-ring (bicyclic) bond motifs is 5. The lowest BCUT2D eigenvalue weighted by atomic mass is 9.81. The van der Waals surface area contributed by atoms with Crippen LogP contribution in [0.25, 0.3) is 28.2 Å². The minimum Gasteiger partial charge on any atom is -0.491 e. The molecule has 1 saturated carbocycles. The zero-order valence-corrected chi connectivity index (χ0v) is 24.5. The first-order valence-corrected chi connectivity index (χ1v) is 15.1. The van der Waals surface area contributed by atoms with Crippen LogP contribution in [0.15, 0.2) is 73.3 Å². The third kappa shape index (κ3) is 5.58. The van der Waals surface area contributed by atoms with Gasteiger partial charge in [-0.15, -0.1) is 0 Å². The quantitative estimate of drug-likeness (QED) is 0.241. The molecule has 6 heteroatoms. The predicted molar refractivity (Wildman–Crippen MR) is 170 cm³/mol. The third-order valence-electron chi connectivity index (χ3n) is 8.58. The van der Waals surface area contributed by atoms with Crippen LogP contribution >= 0.6 is 0 Å². The molecule has 1 aliphatic carbocycles. The number of rotatable bonds is 7. The van der Waals surface area contributed by atoms with Gasteiger partial charge in [0.15, 0.2) is 0 Å². The molecule has 2 aliphatic rings. The molecule has 2 heterocycles. The first-order chi connectivity index (χ1) is 20.3. The maximum atomic E-state index is 13.6. The van der Waals surface area contributed by atoms with Crippen LogP contribution in [-0.4, -0.2) is 28.5 Å². The maximum Gasteiger partial charge on any atom is 0.251 e. The lowest BCUT2D eigenvalue weighted by Gasteiger charge is -2.26. The van der Waals surface area contributed by atoms with Gasteiger partial charge >= 0.3 is 0 Å². The van der Waals surface area contributed by atoms with Crippen molar-refractivity contribution >= 4 is 34.5 Å². The van der Waals surface area contributed by atoms with Gasteiger partial charge in [0.1, 0.15) is 12.4 Å². The summed E-state index contributed by atoms with van der Waals surface area (Å²) in [6.07, 6.45) is 8.07. The lowest BCUT2D eigenvalue weighted by molar-refractivity contribution is -0.117. The molecule has 1 fully saturated rings. The standard InChI is InChI=1S/C36H39N3O3/c1-4-24-14-17-27(18-15-24)37-32(40)23-36(2,3)38-35(41)26-16-19-28-30(22-26)39-20-21-42-31-13-9-8-12-29(31)34(39)33(28)25-10-6-5-7-11-25/h4,8-9,12-19,22,25H,1,5-7,10-11,20-21,23H2,2-3H3,(H,37,40)(H,38,41). The Bertz CT molecular complexity index is 1640. The molecule has 216 valence electrons. The van der Waals surface area contributed by atoms with E-state index in [0.717, 1.165) is 28.9 Å². The number of para-hydroxylation sites is 1. The number of hydrogen-bond acceptors (Lipinski definition) is 3. The van der Waals surface area contributed by atoms with Crippen molar-refractivity contribution in [3.8, 4) is 17.0 Å². The summed E-state index contributed by atoms with van der Waals surface area (Å²) in [4.78, 5) is 26.4. The minimum absolute atomic E-state index is 0.144. The van der Waals surface area contributed by atoms with E-state index in [9.17, 15) is 9.59 Å². The van der Waals surface area contributed by atoms with E-state index in [1.165, 1.54) is 48.7 Å². The number of nitrogens with zero attached hydrogens (tertiary/aromatic N) is 1. The first-order valence-electron chi connectivity index (χ1n) is 15.1. The summed E-state index contributed by atoms with van der Waals surface area (Å²) >= 11 is 0. The highest BCUT2D eigenvalue weighted by Crippen LogP contribution is 2.47. The molecular formula is C36H39N3O3. The topological polar surface area (TPSA) is 72.4 Å². The van der Waals surface area contributed by atoms with Crippen LogP contribution in [0.3, 0.4) is 0 Å². The number of aromatic nitrogens is 1. The second-order valence-electron chi connectivity index (χ2n) is 12.2. The van der Waals surface area contributed by atoms with Crippen LogP contribution in [0, 0.1) is 0 Å². The minimum atomic E-state index is -0.743.